The quantitative estimate of drug-likeness (QED) is 0.564. The van der Waals surface area contributed by atoms with Gasteiger partial charge in [-0.05, 0) is 60.8 Å². The Kier molecular flexibility index (Phi) is 6.82. The van der Waals surface area contributed by atoms with E-state index in [0.29, 0.717) is 18.0 Å². The first-order chi connectivity index (χ1) is 11.6. The van der Waals surface area contributed by atoms with E-state index in [1.54, 1.807) is 38.5 Å². The number of rotatable bonds is 9. The highest BCUT2D eigenvalue weighted by molar-refractivity contribution is 5.97. The van der Waals surface area contributed by atoms with Crippen LogP contribution in [0.3, 0.4) is 0 Å². The zero-order valence-electron chi connectivity index (χ0n) is 14.5. The van der Waals surface area contributed by atoms with Gasteiger partial charge in [-0.1, -0.05) is 19.1 Å². The van der Waals surface area contributed by atoms with Crippen molar-refractivity contribution in [3.05, 3.63) is 59.7 Å². The fourth-order valence-corrected chi connectivity index (χ4v) is 2.51. The van der Waals surface area contributed by atoms with E-state index < -0.39 is 0 Å². The molecule has 0 spiro atoms. The van der Waals surface area contributed by atoms with Crippen molar-refractivity contribution in [3.63, 3.8) is 0 Å². The minimum absolute atomic E-state index is 0.0895. The molecule has 1 N–H and O–H groups in total. The van der Waals surface area contributed by atoms with Crippen LogP contribution < -0.4 is 14.8 Å². The summed E-state index contributed by atoms with van der Waals surface area (Å²) < 4.78 is 10.4. The molecule has 128 valence electrons. The molecule has 2 aromatic rings. The molecule has 24 heavy (non-hydrogen) atoms. The van der Waals surface area contributed by atoms with Crippen LogP contribution in [-0.2, 0) is 0 Å². The molecule has 2 rings (SSSR count). The zero-order chi connectivity index (χ0) is 17.4. The molecule has 0 aliphatic carbocycles. The van der Waals surface area contributed by atoms with Crippen molar-refractivity contribution in [1.82, 2.24) is 5.32 Å². The molecule has 1 atom stereocenters. The third kappa shape index (κ3) is 5.10. The van der Waals surface area contributed by atoms with E-state index in [-0.39, 0.29) is 5.78 Å². The van der Waals surface area contributed by atoms with Gasteiger partial charge >= 0.3 is 0 Å². The van der Waals surface area contributed by atoms with Crippen LogP contribution in [0.1, 0.15) is 35.2 Å². The van der Waals surface area contributed by atoms with E-state index in [1.807, 2.05) is 12.1 Å². The van der Waals surface area contributed by atoms with E-state index >= 15 is 0 Å². The maximum absolute atomic E-state index is 12.1. The Balaban J connectivity index is 1.76. The monoisotopic (exact) mass is 327 g/mol. The molecule has 0 radical (unpaired) electrons. The molecule has 0 amide bonds. The van der Waals surface area contributed by atoms with E-state index in [0.717, 1.165) is 24.5 Å². The first-order valence-electron chi connectivity index (χ1n) is 8.16. The van der Waals surface area contributed by atoms with Gasteiger partial charge in [-0.15, -0.1) is 0 Å². The van der Waals surface area contributed by atoms with Crippen LogP contribution in [0.5, 0.6) is 11.5 Å². The minimum atomic E-state index is 0.0895. The number of benzene rings is 2. The van der Waals surface area contributed by atoms with Crippen LogP contribution in [0.15, 0.2) is 48.5 Å². The Morgan fingerprint density at radius 1 is 1.04 bits per heavy atom. The molecule has 0 fully saturated rings. The predicted octanol–water partition coefficient (Wildman–Crippen LogP) is 3.67. The van der Waals surface area contributed by atoms with Gasteiger partial charge in [0.05, 0.1) is 20.8 Å². The Labute approximate surface area is 143 Å². The van der Waals surface area contributed by atoms with Crippen molar-refractivity contribution in [2.24, 2.45) is 0 Å². The van der Waals surface area contributed by atoms with Gasteiger partial charge in [-0.25, -0.2) is 0 Å². The second kappa shape index (κ2) is 9.08. The first-order valence-corrected chi connectivity index (χ1v) is 8.16. The summed E-state index contributed by atoms with van der Waals surface area (Å²) in [7, 11) is 3.29. The van der Waals surface area contributed by atoms with Gasteiger partial charge in [0.2, 0.25) is 0 Å². The number of ketones is 1. The van der Waals surface area contributed by atoms with E-state index in [2.05, 4.69) is 24.4 Å². The van der Waals surface area contributed by atoms with Crippen LogP contribution in [0.4, 0.5) is 0 Å². The normalized spacial score (nSPS) is 11.8. The molecular formula is C20H25NO3. The minimum Gasteiger partial charge on any atom is -0.497 e. The van der Waals surface area contributed by atoms with E-state index in [1.165, 1.54) is 5.56 Å². The van der Waals surface area contributed by atoms with Crippen molar-refractivity contribution in [2.75, 3.05) is 27.3 Å². The number of methoxy groups -OCH3 is 2. The smallest absolute Gasteiger partial charge is 0.176 e. The molecule has 2 aromatic carbocycles. The molecular weight excluding hydrogens is 302 g/mol. The lowest BCUT2D eigenvalue weighted by molar-refractivity contribution is 0.0991. The summed E-state index contributed by atoms with van der Waals surface area (Å²) in [6.07, 6.45) is 0.961. The highest BCUT2D eigenvalue weighted by Gasteiger charge is 2.08. The second-order valence-electron chi connectivity index (χ2n) is 5.79. The van der Waals surface area contributed by atoms with Crippen LogP contribution in [0, 0.1) is 0 Å². The van der Waals surface area contributed by atoms with Gasteiger partial charge in [0.25, 0.3) is 0 Å². The van der Waals surface area contributed by atoms with Crippen molar-refractivity contribution >= 4 is 5.78 Å². The van der Waals surface area contributed by atoms with Gasteiger partial charge < -0.3 is 14.8 Å². The van der Waals surface area contributed by atoms with Gasteiger partial charge in [0.1, 0.15) is 11.5 Å². The van der Waals surface area contributed by atoms with Crippen molar-refractivity contribution < 1.29 is 14.3 Å². The summed E-state index contributed by atoms with van der Waals surface area (Å²) >= 11 is 0. The Bertz CT molecular complexity index is 652. The molecule has 1 unspecified atom stereocenters. The molecule has 0 heterocycles. The molecule has 0 aliphatic heterocycles. The summed E-state index contributed by atoms with van der Waals surface area (Å²) in [5, 5.41) is 3.23. The Hall–Kier alpha value is -2.33. The largest absolute Gasteiger partial charge is 0.497 e. The maximum Gasteiger partial charge on any atom is 0.176 e. The molecule has 0 saturated heterocycles. The molecule has 0 bridgehead atoms. The van der Waals surface area contributed by atoms with Gasteiger partial charge in [0.15, 0.2) is 5.78 Å². The summed E-state index contributed by atoms with van der Waals surface area (Å²) in [4.78, 5) is 12.1. The summed E-state index contributed by atoms with van der Waals surface area (Å²) in [6.45, 7) is 3.32. The van der Waals surface area contributed by atoms with Crippen LogP contribution in [-0.4, -0.2) is 33.1 Å². The topological polar surface area (TPSA) is 47.6 Å². The number of nitrogens with one attached hydrogen (secondary N) is 1. The SMILES string of the molecule is COc1ccc(C(=O)CNCCC(C)c2cccc(OC)c2)cc1. The average molecular weight is 327 g/mol. The highest BCUT2D eigenvalue weighted by Crippen LogP contribution is 2.22. The Morgan fingerprint density at radius 2 is 1.75 bits per heavy atom. The summed E-state index contributed by atoms with van der Waals surface area (Å²) in [6, 6.07) is 15.3. The third-order valence-electron chi connectivity index (χ3n) is 4.11. The summed E-state index contributed by atoms with van der Waals surface area (Å²) in [5.41, 5.74) is 1.95. The third-order valence-corrected chi connectivity index (χ3v) is 4.11. The second-order valence-corrected chi connectivity index (χ2v) is 5.79. The maximum atomic E-state index is 12.1. The molecule has 0 saturated carbocycles. The van der Waals surface area contributed by atoms with Crippen molar-refractivity contribution in [3.8, 4) is 11.5 Å². The molecule has 4 nitrogen and oxygen atoms in total. The number of Topliss-reactive ketones (excluding diaryl/α,β-unsaturated/α-hetero) is 1. The predicted molar refractivity (Wildman–Crippen MR) is 96.2 cm³/mol. The van der Waals surface area contributed by atoms with E-state index in [9.17, 15) is 4.79 Å². The standard InChI is InChI=1S/C20H25NO3/c1-15(17-5-4-6-19(13-17)24-3)11-12-21-14-20(22)16-7-9-18(23-2)10-8-16/h4-10,13,15,21H,11-12,14H2,1-3H3. The van der Waals surface area contributed by atoms with Crippen molar-refractivity contribution in [2.45, 2.75) is 19.3 Å². The average Bonchev–Trinajstić information content (AvgIpc) is 2.65. The zero-order valence-corrected chi connectivity index (χ0v) is 14.5. The fraction of sp³-hybridized carbons (Fsp3) is 0.350. The molecule has 0 aliphatic rings. The van der Waals surface area contributed by atoms with Crippen LogP contribution in [0.2, 0.25) is 0 Å². The van der Waals surface area contributed by atoms with E-state index in [4.69, 9.17) is 9.47 Å². The Morgan fingerprint density at radius 3 is 2.42 bits per heavy atom. The van der Waals surface area contributed by atoms with Gasteiger partial charge in [0, 0.05) is 5.56 Å². The van der Waals surface area contributed by atoms with Crippen molar-refractivity contribution in [1.29, 1.82) is 0 Å². The lowest BCUT2D eigenvalue weighted by Gasteiger charge is -2.13. The highest BCUT2D eigenvalue weighted by atomic mass is 16.5. The number of carbonyl (C=O) groups excluding carboxylic acids is 1. The number of hydrogen-bond donors (Lipinski definition) is 1. The van der Waals surface area contributed by atoms with Crippen LogP contribution >= 0.6 is 0 Å². The fourth-order valence-electron chi connectivity index (χ4n) is 2.51. The van der Waals surface area contributed by atoms with Crippen LogP contribution in [0.25, 0.3) is 0 Å². The summed E-state index contributed by atoms with van der Waals surface area (Å²) in [5.74, 6) is 2.13. The molecule has 4 heteroatoms. The number of hydrogen-bond acceptors (Lipinski definition) is 4. The van der Waals surface area contributed by atoms with Gasteiger partial charge in [-0.2, -0.15) is 0 Å². The first kappa shape index (κ1) is 18.0. The van der Waals surface area contributed by atoms with Gasteiger partial charge in [-0.3, -0.25) is 4.79 Å². The lowest BCUT2D eigenvalue weighted by atomic mass is 9.97. The molecule has 0 aromatic heterocycles. The number of carbonyl (C=O) groups is 1. The lowest BCUT2D eigenvalue weighted by Crippen LogP contribution is -2.24. The number of ether oxygens (including phenoxy) is 2.